The summed E-state index contributed by atoms with van der Waals surface area (Å²) in [5, 5.41) is 1.85. The number of hydrogen-bond donors (Lipinski definition) is 0. The highest BCUT2D eigenvalue weighted by Gasteiger charge is 2.20. The van der Waals surface area contributed by atoms with Gasteiger partial charge in [-0.2, -0.15) is 0 Å². The zero-order valence-electron chi connectivity index (χ0n) is 11.9. The molecular weight excluding hydrogens is 307 g/mol. The van der Waals surface area contributed by atoms with Gasteiger partial charge >= 0.3 is 0 Å². The number of alkyl halides is 1. The summed E-state index contributed by atoms with van der Waals surface area (Å²) in [7, 11) is 0. The first kappa shape index (κ1) is 14.5. The van der Waals surface area contributed by atoms with Crippen LogP contribution in [0, 0.1) is 5.82 Å². The lowest BCUT2D eigenvalue weighted by Crippen LogP contribution is -2.12. The van der Waals surface area contributed by atoms with E-state index in [2.05, 4.69) is 27.9 Å². The quantitative estimate of drug-likeness (QED) is 0.593. The van der Waals surface area contributed by atoms with Crippen molar-refractivity contribution in [3.63, 3.8) is 0 Å². The Morgan fingerprint density at radius 2 is 2.14 bits per heavy atom. The molecule has 2 aromatic heterocycles. The Bertz CT molecular complexity index is 749. The van der Waals surface area contributed by atoms with Gasteiger partial charge in [0, 0.05) is 17.3 Å². The SMILES string of the molecule is CC(Cl)c1nc2ccc(F)cc2n1C(C)Cc1cccs1. The van der Waals surface area contributed by atoms with Crippen LogP contribution in [0.3, 0.4) is 0 Å². The minimum absolute atomic E-state index is 0.173. The molecule has 0 N–H and O–H groups in total. The molecule has 0 aliphatic rings. The van der Waals surface area contributed by atoms with E-state index in [-0.39, 0.29) is 17.2 Å². The zero-order valence-corrected chi connectivity index (χ0v) is 13.5. The molecule has 0 aliphatic carbocycles. The van der Waals surface area contributed by atoms with E-state index in [1.165, 1.54) is 17.0 Å². The molecule has 1 aromatic carbocycles. The van der Waals surface area contributed by atoms with Crippen molar-refractivity contribution in [1.29, 1.82) is 0 Å². The number of hydrogen-bond acceptors (Lipinski definition) is 2. The van der Waals surface area contributed by atoms with Gasteiger partial charge in [0.25, 0.3) is 0 Å². The van der Waals surface area contributed by atoms with E-state index in [4.69, 9.17) is 11.6 Å². The minimum Gasteiger partial charge on any atom is -0.323 e. The molecular formula is C16H16ClFN2S. The summed E-state index contributed by atoms with van der Waals surface area (Å²) in [6.07, 6.45) is 0.885. The summed E-state index contributed by atoms with van der Waals surface area (Å²) in [6, 6.07) is 9.02. The third-order valence-corrected chi connectivity index (χ3v) is 4.65. The lowest BCUT2D eigenvalue weighted by Gasteiger charge is -2.18. The summed E-state index contributed by atoms with van der Waals surface area (Å²) >= 11 is 8.00. The third kappa shape index (κ3) is 2.83. The maximum absolute atomic E-state index is 13.6. The molecule has 2 unspecified atom stereocenters. The van der Waals surface area contributed by atoms with Crippen LogP contribution in [0.25, 0.3) is 11.0 Å². The van der Waals surface area contributed by atoms with Crippen LogP contribution >= 0.6 is 22.9 Å². The van der Waals surface area contributed by atoms with Crippen LogP contribution in [0.1, 0.15) is 36.0 Å². The second-order valence-corrected chi connectivity index (χ2v) is 6.91. The van der Waals surface area contributed by atoms with Gasteiger partial charge < -0.3 is 4.57 Å². The molecule has 0 radical (unpaired) electrons. The van der Waals surface area contributed by atoms with E-state index >= 15 is 0 Å². The van der Waals surface area contributed by atoms with Crippen LogP contribution in [-0.4, -0.2) is 9.55 Å². The highest BCUT2D eigenvalue weighted by atomic mass is 35.5. The molecule has 0 spiro atoms. The molecule has 0 saturated carbocycles. The monoisotopic (exact) mass is 322 g/mol. The van der Waals surface area contributed by atoms with Crippen LogP contribution in [-0.2, 0) is 6.42 Å². The summed E-state index contributed by atoms with van der Waals surface area (Å²) in [5.74, 6) is 0.544. The van der Waals surface area contributed by atoms with Crippen molar-refractivity contribution in [2.75, 3.05) is 0 Å². The van der Waals surface area contributed by atoms with E-state index in [9.17, 15) is 4.39 Å². The highest BCUT2D eigenvalue weighted by molar-refractivity contribution is 7.09. The molecule has 3 aromatic rings. The van der Waals surface area contributed by atoms with Gasteiger partial charge in [0.05, 0.1) is 16.4 Å². The number of rotatable bonds is 4. The van der Waals surface area contributed by atoms with Gasteiger partial charge in [0.2, 0.25) is 0 Å². The molecule has 0 bridgehead atoms. The van der Waals surface area contributed by atoms with Crippen molar-refractivity contribution in [2.45, 2.75) is 31.7 Å². The number of imidazole rings is 1. The number of benzene rings is 1. The summed E-state index contributed by atoms with van der Waals surface area (Å²) in [4.78, 5) is 5.87. The minimum atomic E-state index is -0.249. The summed E-state index contributed by atoms with van der Waals surface area (Å²) in [5.41, 5.74) is 1.60. The number of halogens is 2. The van der Waals surface area contributed by atoms with Crippen molar-refractivity contribution < 1.29 is 4.39 Å². The molecule has 2 heterocycles. The van der Waals surface area contributed by atoms with Crippen LogP contribution in [0.15, 0.2) is 35.7 Å². The summed E-state index contributed by atoms with van der Waals surface area (Å²) < 4.78 is 15.7. The second kappa shape index (κ2) is 5.78. The molecule has 2 atom stereocenters. The molecule has 5 heteroatoms. The fraction of sp³-hybridized carbons (Fsp3) is 0.312. The van der Waals surface area contributed by atoms with Crippen LogP contribution in [0.2, 0.25) is 0 Å². The predicted octanol–water partition coefficient (Wildman–Crippen LogP) is 5.34. The number of aromatic nitrogens is 2. The fourth-order valence-electron chi connectivity index (χ4n) is 2.64. The molecule has 0 saturated heterocycles. The Balaban J connectivity index is 2.09. The maximum atomic E-state index is 13.6. The molecule has 0 fully saturated rings. The van der Waals surface area contributed by atoms with E-state index < -0.39 is 0 Å². The van der Waals surface area contributed by atoms with Gasteiger partial charge in [-0.15, -0.1) is 22.9 Å². The first-order valence-electron chi connectivity index (χ1n) is 6.90. The fourth-order valence-corrected chi connectivity index (χ4v) is 3.62. The first-order chi connectivity index (χ1) is 10.1. The van der Waals surface area contributed by atoms with E-state index in [1.54, 1.807) is 17.4 Å². The average molecular weight is 323 g/mol. The average Bonchev–Trinajstić information content (AvgIpc) is 3.04. The molecule has 21 heavy (non-hydrogen) atoms. The number of nitrogens with zero attached hydrogens (tertiary/aromatic N) is 2. The smallest absolute Gasteiger partial charge is 0.127 e. The van der Waals surface area contributed by atoms with Crippen LogP contribution in [0.4, 0.5) is 4.39 Å². The normalized spacial score (nSPS) is 14.5. The van der Waals surface area contributed by atoms with E-state index in [0.29, 0.717) is 0 Å². The topological polar surface area (TPSA) is 17.8 Å². The number of thiophene rings is 1. The Kier molecular flexibility index (Phi) is 4.00. The standard InChI is InChI=1S/C16H16ClFN2S/c1-10(8-13-4-3-7-21-13)20-15-9-12(18)5-6-14(15)19-16(20)11(2)17/h3-7,9-11H,8H2,1-2H3. The van der Waals surface area contributed by atoms with Crippen molar-refractivity contribution in [3.8, 4) is 0 Å². The molecule has 0 amide bonds. The Morgan fingerprint density at radius 1 is 1.33 bits per heavy atom. The van der Waals surface area contributed by atoms with Gasteiger partial charge in [-0.1, -0.05) is 6.07 Å². The Morgan fingerprint density at radius 3 is 2.81 bits per heavy atom. The lowest BCUT2D eigenvalue weighted by atomic mass is 10.2. The van der Waals surface area contributed by atoms with Crippen molar-refractivity contribution in [3.05, 3.63) is 52.2 Å². The maximum Gasteiger partial charge on any atom is 0.127 e. The third-order valence-electron chi connectivity index (χ3n) is 3.55. The molecule has 3 rings (SSSR count). The van der Waals surface area contributed by atoms with Crippen LogP contribution in [0.5, 0.6) is 0 Å². The van der Waals surface area contributed by atoms with E-state index in [1.807, 2.05) is 13.0 Å². The molecule has 110 valence electrons. The molecule has 0 aliphatic heterocycles. The summed E-state index contributed by atoms with van der Waals surface area (Å²) in [6.45, 7) is 4.02. The Hall–Kier alpha value is -1.39. The van der Waals surface area contributed by atoms with Crippen molar-refractivity contribution in [2.24, 2.45) is 0 Å². The first-order valence-corrected chi connectivity index (χ1v) is 8.21. The second-order valence-electron chi connectivity index (χ2n) is 5.22. The number of fused-ring (bicyclic) bond motifs is 1. The van der Waals surface area contributed by atoms with Gasteiger partial charge in [0.1, 0.15) is 11.6 Å². The van der Waals surface area contributed by atoms with Gasteiger partial charge in [-0.3, -0.25) is 0 Å². The van der Waals surface area contributed by atoms with E-state index in [0.717, 1.165) is 23.3 Å². The Labute approximate surface area is 132 Å². The largest absolute Gasteiger partial charge is 0.323 e. The predicted molar refractivity (Wildman–Crippen MR) is 86.7 cm³/mol. The van der Waals surface area contributed by atoms with Gasteiger partial charge in [-0.25, -0.2) is 9.37 Å². The lowest BCUT2D eigenvalue weighted by molar-refractivity contribution is 0.537. The van der Waals surface area contributed by atoms with Gasteiger partial charge in [-0.05, 0) is 43.5 Å². The van der Waals surface area contributed by atoms with Crippen molar-refractivity contribution in [1.82, 2.24) is 9.55 Å². The zero-order chi connectivity index (χ0) is 15.0. The van der Waals surface area contributed by atoms with Crippen molar-refractivity contribution >= 4 is 34.0 Å². The highest BCUT2D eigenvalue weighted by Crippen LogP contribution is 2.30. The molecule has 2 nitrogen and oxygen atoms in total. The van der Waals surface area contributed by atoms with Gasteiger partial charge in [0.15, 0.2) is 0 Å². The van der Waals surface area contributed by atoms with Crippen LogP contribution < -0.4 is 0 Å².